The van der Waals surface area contributed by atoms with E-state index in [0.29, 0.717) is 44.4 Å². The average molecular weight is 616 g/mol. The Morgan fingerprint density at radius 3 is 2.62 bits per heavy atom. The van der Waals surface area contributed by atoms with Crippen LogP contribution in [-0.2, 0) is 27.8 Å². The van der Waals surface area contributed by atoms with Crippen LogP contribution in [-0.4, -0.2) is 69.2 Å². The highest BCUT2D eigenvalue weighted by atomic mass is 35.5. The van der Waals surface area contributed by atoms with Crippen molar-refractivity contribution in [3.8, 4) is 0 Å². The van der Waals surface area contributed by atoms with E-state index >= 15 is 4.39 Å². The minimum atomic E-state index is -0.753. The molecule has 3 aromatic rings. The van der Waals surface area contributed by atoms with Crippen molar-refractivity contribution in [2.45, 2.75) is 55.9 Å². The van der Waals surface area contributed by atoms with Gasteiger partial charge in [0.05, 0.1) is 47.4 Å². The maximum Gasteiger partial charge on any atom is 0.306 e. The predicted molar refractivity (Wildman–Crippen MR) is 163 cm³/mol. The van der Waals surface area contributed by atoms with Crippen molar-refractivity contribution in [2.24, 2.45) is 13.0 Å². The molecule has 224 valence electrons. The molecule has 2 heterocycles. The van der Waals surface area contributed by atoms with Gasteiger partial charge in [-0.15, -0.1) is 0 Å². The minimum Gasteiger partial charge on any atom is -0.481 e. The van der Waals surface area contributed by atoms with Gasteiger partial charge in [0, 0.05) is 35.9 Å². The number of aliphatic carboxylic acids is 1. The summed E-state index contributed by atoms with van der Waals surface area (Å²) in [5.74, 6) is -2.30. The van der Waals surface area contributed by atoms with E-state index in [9.17, 15) is 19.5 Å². The maximum atomic E-state index is 15.3. The van der Waals surface area contributed by atoms with Crippen LogP contribution in [0.3, 0.4) is 0 Å². The third-order valence-corrected chi connectivity index (χ3v) is 9.77. The monoisotopic (exact) mass is 615 g/mol. The molecule has 1 aromatic heterocycles. The van der Waals surface area contributed by atoms with Crippen molar-refractivity contribution in [1.82, 2.24) is 9.47 Å². The number of benzene rings is 2. The van der Waals surface area contributed by atoms with Crippen LogP contribution < -0.4 is 5.32 Å². The normalized spacial score (nSPS) is 22.4. The molecule has 8 nitrogen and oxygen atoms in total. The second kappa shape index (κ2) is 13.1. The molecule has 2 fully saturated rings. The summed E-state index contributed by atoms with van der Waals surface area (Å²) in [5, 5.41) is 13.1. The Morgan fingerprint density at radius 2 is 1.90 bits per heavy atom. The fourth-order valence-corrected chi connectivity index (χ4v) is 6.99. The lowest BCUT2D eigenvalue weighted by atomic mass is 9.87. The van der Waals surface area contributed by atoms with Crippen molar-refractivity contribution in [3.63, 3.8) is 0 Å². The van der Waals surface area contributed by atoms with Crippen LogP contribution in [0, 0.1) is 11.7 Å². The van der Waals surface area contributed by atoms with Crippen molar-refractivity contribution >= 4 is 57.7 Å². The number of carboxylic acid groups (broad SMARTS) is 1. The highest BCUT2D eigenvalue weighted by molar-refractivity contribution is 7.99. The van der Waals surface area contributed by atoms with E-state index in [1.165, 1.54) is 6.07 Å². The summed E-state index contributed by atoms with van der Waals surface area (Å²) in [7, 11) is 1.85. The van der Waals surface area contributed by atoms with Crippen LogP contribution in [0.2, 0.25) is 5.02 Å². The summed E-state index contributed by atoms with van der Waals surface area (Å²) in [6.45, 7) is 0.919. The van der Waals surface area contributed by atoms with Crippen LogP contribution >= 0.6 is 23.4 Å². The molecule has 11 heteroatoms. The molecule has 1 aliphatic carbocycles. The first-order valence-electron chi connectivity index (χ1n) is 14.1. The number of carboxylic acids is 1. The van der Waals surface area contributed by atoms with E-state index in [-0.39, 0.29) is 51.9 Å². The second-order valence-electron chi connectivity index (χ2n) is 11.2. The van der Waals surface area contributed by atoms with Gasteiger partial charge in [0.15, 0.2) is 0 Å². The van der Waals surface area contributed by atoms with Crippen molar-refractivity contribution < 1.29 is 28.6 Å². The fraction of sp³-hybridized carbons (Fsp3) is 0.452. The lowest BCUT2D eigenvalue weighted by molar-refractivity contribution is -0.144. The molecule has 5 rings (SSSR count). The molecular weight excluding hydrogens is 581 g/mol. The van der Waals surface area contributed by atoms with Gasteiger partial charge < -0.3 is 24.6 Å². The van der Waals surface area contributed by atoms with E-state index in [0.717, 1.165) is 23.4 Å². The molecule has 2 N–H and O–H groups in total. The number of fused-ring (bicyclic) bond motifs is 1. The summed E-state index contributed by atoms with van der Waals surface area (Å²) in [6, 6.07) is 9.94. The number of para-hydroxylation sites is 1. The zero-order chi connectivity index (χ0) is 30.0. The molecule has 1 aliphatic heterocycles. The van der Waals surface area contributed by atoms with Crippen LogP contribution in [0.25, 0.3) is 10.9 Å². The quantitative estimate of drug-likeness (QED) is 0.318. The third kappa shape index (κ3) is 6.61. The fourth-order valence-electron chi connectivity index (χ4n) is 6.03. The zero-order valence-electron chi connectivity index (χ0n) is 23.6. The Hall–Kier alpha value is -3.08. The van der Waals surface area contributed by atoms with Crippen molar-refractivity contribution in [2.75, 3.05) is 24.7 Å². The molecule has 0 unspecified atom stereocenters. The standard InChI is InChI=1S/C31H35ClFN3O5S/c1-35-16-24(23-5-3-4-6-28(23)35)30(38)34-27-14-26(33)19(11-25(27)32)12-29(37)36-15-22(42-2)13-20(36)17-41-21-9-7-18(8-10-21)31(39)40/h3-6,11,14,16,18,20-22H,7-10,12-13,15,17H2,1-2H3,(H,34,38)(H,39,40)/t18-,20-,21-,22-/m0/s1. The highest BCUT2D eigenvalue weighted by Gasteiger charge is 2.36. The van der Waals surface area contributed by atoms with E-state index in [1.807, 2.05) is 42.1 Å². The second-order valence-corrected chi connectivity index (χ2v) is 12.7. The van der Waals surface area contributed by atoms with Crippen LogP contribution in [0.15, 0.2) is 42.6 Å². The molecule has 2 aromatic carbocycles. The van der Waals surface area contributed by atoms with E-state index < -0.39 is 17.7 Å². The Bertz CT molecular complexity index is 1490. The van der Waals surface area contributed by atoms with Crippen molar-refractivity contribution in [1.29, 1.82) is 0 Å². The Kier molecular flexibility index (Phi) is 9.44. The minimum absolute atomic E-state index is 0.0150. The lowest BCUT2D eigenvalue weighted by Gasteiger charge is -2.30. The Labute approximate surface area is 253 Å². The molecule has 2 aliphatic rings. The number of aryl methyl sites for hydroxylation is 1. The van der Waals surface area contributed by atoms with Gasteiger partial charge in [0.1, 0.15) is 5.82 Å². The molecule has 2 atom stereocenters. The first-order valence-corrected chi connectivity index (χ1v) is 15.8. The molecule has 0 bridgehead atoms. The number of halogens is 2. The molecule has 0 radical (unpaired) electrons. The van der Waals surface area contributed by atoms with E-state index in [4.69, 9.17) is 16.3 Å². The maximum absolute atomic E-state index is 15.3. The van der Waals surface area contributed by atoms with Gasteiger partial charge in [0.25, 0.3) is 5.91 Å². The van der Waals surface area contributed by atoms with Gasteiger partial charge in [-0.05, 0) is 62.1 Å². The van der Waals surface area contributed by atoms with E-state index in [1.54, 1.807) is 22.9 Å². The van der Waals surface area contributed by atoms with Crippen LogP contribution in [0.5, 0.6) is 0 Å². The Morgan fingerprint density at radius 1 is 1.17 bits per heavy atom. The number of carbonyl (C=O) groups is 3. The van der Waals surface area contributed by atoms with Gasteiger partial charge in [-0.3, -0.25) is 14.4 Å². The Balaban J connectivity index is 1.23. The van der Waals surface area contributed by atoms with Crippen molar-refractivity contribution in [3.05, 3.63) is 64.6 Å². The number of carbonyl (C=O) groups excluding carboxylic acids is 2. The number of anilines is 1. The molecular formula is C31H35ClFN3O5S. The number of hydrogen-bond acceptors (Lipinski definition) is 5. The average Bonchev–Trinajstić information content (AvgIpc) is 3.56. The number of aromatic nitrogens is 1. The van der Waals surface area contributed by atoms with Gasteiger partial charge >= 0.3 is 5.97 Å². The zero-order valence-corrected chi connectivity index (χ0v) is 25.2. The number of nitrogens with zero attached hydrogens (tertiary/aromatic N) is 2. The number of likely N-dealkylation sites (tertiary alicyclic amines) is 1. The third-order valence-electron chi connectivity index (χ3n) is 8.45. The first kappa shape index (κ1) is 30.4. The summed E-state index contributed by atoms with van der Waals surface area (Å²) in [6.07, 6.45) is 6.90. The summed E-state index contributed by atoms with van der Waals surface area (Å²) in [5.41, 5.74) is 1.64. The largest absolute Gasteiger partial charge is 0.481 e. The topological polar surface area (TPSA) is 101 Å². The molecule has 42 heavy (non-hydrogen) atoms. The van der Waals surface area contributed by atoms with Gasteiger partial charge in [0.2, 0.25) is 5.91 Å². The van der Waals surface area contributed by atoms with Crippen LogP contribution in [0.4, 0.5) is 10.1 Å². The molecule has 1 saturated heterocycles. The number of amides is 2. The predicted octanol–water partition coefficient (Wildman–Crippen LogP) is 5.76. The number of ether oxygens (including phenoxy) is 1. The number of rotatable bonds is 9. The van der Waals surface area contributed by atoms with Gasteiger partial charge in [-0.2, -0.15) is 11.8 Å². The summed E-state index contributed by atoms with van der Waals surface area (Å²) in [4.78, 5) is 39.5. The SMILES string of the molecule is CS[C@H]1C[C@@H](CO[C@H]2CC[C@H](C(=O)O)CC2)N(C(=O)Cc2cc(Cl)c(NC(=O)c3cn(C)c4ccccc34)cc2F)C1. The van der Waals surface area contributed by atoms with Gasteiger partial charge in [-0.25, -0.2) is 4.39 Å². The van der Waals surface area contributed by atoms with E-state index in [2.05, 4.69) is 5.32 Å². The number of hydrogen-bond donors (Lipinski definition) is 2. The smallest absolute Gasteiger partial charge is 0.306 e. The number of thioether (sulfide) groups is 1. The summed E-state index contributed by atoms with van der Waals surface area (Å²) < 4.78 is 23.2. The molecule has 1 saturated carbocycles. The lowest BCUT2D eigenvalue weighted by Crippen LogP contribution is -2.40. The van der Waals surface area contributed by atoms with Gasteiger partial charge in [-0.1, -0.05) is 29.8 Å². The first-order chi connectivity index (χ1) is 20.1. The number of nitrogens with one attached hydrogen (secondary N) is 1. The summed E-state index contributed by atoms with van der Waals surface area (Å²) >= 11 is 8.16. The molecule has 0 spiro atoms. The highest BCUT2D eigenvalue weighted by Crippen LogP contribution is 2.32. The van der Waals surface area contributed by atoms with Crippen LogP contribution in [0.1, 0.15) is 48.0 Å². The molecule has 2 amide bonds.